The first-order valence-electron chi connectivity index (χ1n) is 7.78. The molecule has 0 spiro atoms. The number of ether oxygens (including phenoxy) is 1. The van der Waals surface area contributed by atoms with Crippen molar-refractivity contribution in [3.05, 3.63) is 65.7 Å². The average molecular weight is 362 g/mol. The minimum Gasteiger partial charge on any atom is -0.484 e. The van der Waals surface area contributed by atoms with Gasteiger partial charge >= 0.3 is 0 Å². The molecule has 0 bridgehead atoms. The Balaban J connectivity index is 1.78. The van der Waals surface area contributed by atoms with E-state index in [2.05, 4.69) is 5.32 Å². The third kappa shape index (κ3) is 6.56. The van der Waals surface area contributed by atoms with Crippen LogP contribution in [0.3, 0.4) is 0 Å². The predicted octanol–water partition coefficient (Wildman–Crippen LogP) is 1.77. The largest absolute Gasteiger partial charge is 0.484 e. The normalized spacial score (nSPS) is 11.3. The highest BCUT2D eigenvalue weighted by molar-refractivity contribution is 7.88. The van der Waals surface area contributed by atoms with E-state index in [4.69, 9.17) is 4.74 Å². The molecular formula is C18H22N2O4S. The molecule has 0 fully saturated rings. The van der Waals surface area contributed by atoms with E-state index in [1.807, 2.05) is 30.3 Å². The zero-order chi connectivity index (χ0) is 18.3. The molecule has 134 valence electrons. The number of carbonyl (C=O) groups is 1. The molecule has 0 atom stereocenters. The summed E-state index contributed by atoms with van der Waals surface area (Å²) in [7, 11) is -1.69. The molecule has 0 saturated carbocycles. The van der Waals surface area contributed by atoms with Gasteiger partial charge in [0, 0.05) is 20.1 Å². The van der Waals surface area contributed by atoms with E-state index in [-0.39, 0.29) is 19.1 Å². The molecule has 0 saturated heterocycles. The minimum atomic E-state index is -3.21. The van der Waals surface area contributed by atoms with Crippen LogP contribution in [-0.4, -0.2) is 38.5 Å². The quantitative estimate of drug-likeness (QED) is 0.777. The lowest BCUT2D eigenvalue weighted by atomic mass is 10.2. The molecule has 25 heavy (non-hydrogen) atoms. The van der Waals surface area contributed by atoms with Gasteiger partial charge in [0.1, 0.15) is 5.75 Å². The maximum atomic E-state index is 11.8. The van der Waals surface area contributed by atoms with Gasteiger partial charge in [-0.3, -0.25) is 4.79 Å². The number of hydrogen-bond acceptors (Lipinski definition) is 4. The van der Waals surface area contributed by atoms with Crippen molar-refractivity contribution < 1.29 is 17.9 Å². The van der Waals surface area contributed by atoms with Gasteiger partial charge in [0.15, 0.2) is 6.61 Å². The van der Waals surface area contributed by atoms with Crippen molar-refractivity contribution in [2.24, 2.45) is 0 Å². The topological polar surface area (TPSA) is 75.7 Å². The second-order valence-electron chi connectivity index (χ2n) is 5.71. The fourth-order valence-corrected chi connectivity index (χ4v) is 2.45. The molecular weight excluding hydrogens is 340 g/mol. The van der Waals surface area contributed by atoms with E-state index in [9.17, 15) is 13.2 Å². The lowest BCUT2D eigenvalue weighted by Gasteiger charge is -2.14. The van der Waals surface area contributed by atoms with Crippen LogP contribution in [0.2, 0.25) is 0 Å². The smallest absolute Gasteiger partial charge is 0.258 e. The summed E-state index contributed by atoms with van der Waals surface area (Å²) in [5.41, 5.74) is 1.86. The minimum absolute atomic E-state index is 0.0740. The third-order valence-electron chi connectivity index (χ3n) is 3.60. The molecule has 0 aliphatic heterocycles. The fraction of sp³-hybridized carbons (Fsp3) is 0.278. The average Bonchev–Trinajstić information content (AvgIpc) is 2.59. The summed E-state index contributed by atoms with van der Waals surface area (Å²) < 4.78 is 29.5. The van der Waals surface area contributed by atoms with Crippen molar-refractivity contribution in [1.29, 1.82) is 0 Å². The fourth-order valence-electron chi connectivity index (χ4n) is 2.06. The van der Waals surface area contributed by atoms with Crippen LogP contribution in [0, 0.1) is 0 Å². The highest BCUT2D eigenvalue weighted by Gasteiger charge is 2.11. The summed E-state index contributed by atoms with van der Waals surface area (Å²) in [5, 5.41) is 2.79. The number of nitrogens with one attached hydrogen (secondary N) is 1. The first-order valence-corrected chi connectivity index (χ1v) is 9.63. The van der Waals surface area contributed by atoms with Crippen LogP contribution in [0.1, 0.15) is 11.1 Å². The van der Waals surface area contributed by atoms with Crippen molar-refractivity contribution in [2.75, 3.05) is 19.9 Å². The van der Waals surface area contributed by atoms with Crippen molar-refractivity contribution in [3.8, 4) is 5.75 Å². The number of benzene rings is 2. The Morgan fingerprint density at radius 3 is 2.28 bits per heavy atom. The van der Waals surface area contributed by atoms with Crippen LogP contribution in [0.15, 0.2) is 54.6 Å². The van der Waals surface area contributed by atoms with Crippen molar-refractivity contribution in [3.63, 3.8) is 0 Å². The molecule has 2 aromatic carbocycles. The Hall–Kier alpha value is -2.38. The number of carbonyl (C=O) groups excluding carboxylic acids is 1. The highest BCUT2D eigenvalue weighted by Crippen LogP contribution is 2.14. The summed E-state index contributed by atoms with van der Waals surface area (Å²) in [6.45, 7) is 0.673. The van der Waals surface area contributed by atoms with Crippen molar-refractivity contribution in [2.45, 2.75) is 13.1 Å². The summed E-state index contributed by atoms with van der Waals surface area (Å²) in [5.74, 6) is 0.352. The number of nitrogens with zero attached hydrogens (tertiary/aromatic N) is 1. The van der Waals surface area contributed by atoms with Crippen LogP contribution in [0.5, 0.6) is 5.75 Å². The van der Waals surface area contributed by atoms with E-state index in [0.29, 0.717) is 12.3 Å². The lowest BCUT2D eigenvalue weighted by Crippen LogP contribution is -2.28. The summed E-state index contributed by atoms with van der Waals surface area (Å²) in [6, 6.07) is 16.6. The molecule has 0 aliphatic carbocycles. The molecule has 0 aromatic heterocycles. The number of rotatable bonds is 8. The van der Waals surface area contributed by atoms with Crippen LogP contribution in [-0.2, 0) is 27.9 Å². The molecule has 1 N–H and O–H groups in total. The molecule has 7 heteroatoms. The maximum absolute atomic E-state index is 11.8. The van der Waals surface area contributed by atoms with E-state index in [0.717, 1.165) is 11.1 Å². The third-order valence-corrected chi connectivity index (χ3v) is 4.86. The van der Waals surface area contributed by atoms with Gasteiger partial charge in [0.2, 0.25) is 10.0 Å². The van der Waals surface area contributed by atoms with Gasteiger partial charge in [-0.15, -0.1) is 0 Å². The SMILES string of the molecule is CN(Cc1ccc(OCC(=O)NCc2ccccc2)cc1)S(C)(=O)=O. The van der Waals surface area contributed by atoms with Gasteiger partial charge < -0.3 is 10.1 Å². The molecule has 1 amide bonds. The summed E-state index contributed by atoms with van der Waals surface area (Å²) in [4.78, 5) is 11.8. The van der Waals surface area contributed by atoms with Gasteiger partial charge in [0.25, 0.3) is 5.91 Å². The van der Waals surface area contributed by atoms with Crippen LogP contribution >= 0.6 is 0 Å². The van der Waals surface area contributed by atoms with E-state index < -0.39 is 10.0 Å². The first-order chi connectivity index (χ1) is 11.8. The van der Waals surface area contributed by atoms with Crippen LogP contribution < -0.4 is 10.1 Å². The number of amides is 1. The van der Waals surface area contributed by atoms with Crippen molar-refractivity contribution in [1.82, 2.24) is 9.62 Å². The molecule has 0 heterocycles. The Kier molecular flexibility index (Phi) is 6.55. The zero-order valence-electron chi connectivity index (χ0n) is 14.3. The van der Waals surface area contributed by atoms with Gasteiger partial charge in [-0.05, 0) is 23.3 Å². The lowest BCUT2D eigenvalue weighted by molar-refractivity contribution is -0.123. The number of sulfonamides is 1. The Morgan fingerprint density at radius 2 is 1.68 bits per heavy atom. The Labute approximate surface area is 148 Å². The summed E-state index contributed by atoms with van der Waals surface area (Å²) >= 11 is 0. The zero-order valence-corrected chi connectivity index (χ0v) is 15.1. The van der Waals surface area contributed by atoms with E-state index in [1.165, 1.54) is 17.6 Å². The van der Waals surface area contributed by atoms with Crippen LogP contribution in [0.25, 0.3) is 0 Å². The molecule has 0 aliphatic rings. The Bertz CT molecular complexity index is 790. The molecule has 0 unspecified atom stereocenters. The van der Waals surface area contributed by atoms with Gasteiger partial charge in [-0.25, -0.2) is 12.7 Å². The predicted molar refractivity (Wildman–Crippen MR) is 96.5 cm³/mol. The maximum Gasteiger partial charge on any atom is 0.258 e. The second kappa shape index (κ2) is 8.64. The number of hydrogen-bond donors (Lipinski definition) is 1. The van der Waals surface area contributed by atoms with Gasteiger partial charge in [-0.2, -0.15) is 0 Å². The van der Waals surface area contributed by atoms with Crippen LogP contribution in [0.4, 0.5) is 0 Å². The first kappa shape index (κ1) is 19.0. The van der Waals surface area contributed by atoms with Gasteiger partial charge in [-0.1, -0.05) is 42.5 Å². The van der Waals surface area contributed by atoms with Gasteiger partial charge in [0.05, 0.1) is 6.26 Å². The monoisotopic (exact) mass is 362 g/mol. The standard InChI is InChI=1S/C18H22N2O4S/c1-20(25(2,22)23)13-16-8-10-17(11-9-16)24-14-18(21)19-12-15-6-4-3-5-7-15/h3-11H,12-14H2,1-2H3,(H,19,21). The highest BCUT2D eigenvalue weighted by atomic mass is 32.2. The molecule has 2 aromatic rings. The molecule has 2 rings (SSSR count). The van der Waals surface area contributed by atoms with E-state index >= 15 is 0 Å². The molecule has 6 nitrogen and oxygen atoms in total. The molecule has 0 radical (unpaired) electrons. The van der Waals surface area contributed by atoms with Crippen molar-refractivity contribution >= 4 is 15.9 Å². The second-order valence-corrected chi connectivity index (χ2v) is 7.80. The summed E-state index contributed by atoms with van der Waals surface area (Å²) in [6.07, 6.45) is 1.17. The Morgan fingerprint density at radius 1 is 1.04 bits per heavy atom. The van der Waals surface area contributed by atoms with E-state index in [1.54, 1.807) is 24.3 Å².